The highest BCUT2D eigenvalue weighted by Gasteiger charge is 2.24. The Kier molecular flexibility index (Phi) is 4.93. The molecule has 1 N–H and O–H groups in total. The van der Waals surface area contributed by atoms with Crippen LogP contribution >= 0.6 is 0 Å². The maximum atomic E-state index is 11.8. The zero-order valence-corrected chi connectivity index (χ0v) is 13.1. The van der Waals surface area contributed by atoms with Gasteiger partial charge in [-0.1, -0.05) is 17.7 Å². The van der Waals surface area contributed by atoms with E-state index in [9.17, 15) is 9.59 Å². The van der Waals surface area contributed by atoms with Crippen molar-refractivity contribution in [2.45, 2.75) is 48.0 Å². The molecule has 0 unspecified atom stereocenters. The molecule has 0 aromatic heterocycles. The van der Waals surface area contributed by atoms with Crippen LogP contribution < -0.4 is 5.48 Å². The van der Waals surface area contributed by atoms with Gasteiger partial charge in [-0.2, -0.15) is 5.48 Å². The van der Waals surface area contributed by atoms with E-state index >= 15 is 0 Å². The lowest BCUT2D eigenvalue weighted by Gasteiger charge is -2.16. The van der Waals surface area contributed by atoms with E-state index in [4.69, 9.17) is 4.84 Å². The van der Waals surface area contributed by atoms with Gasteiger partial charge >= 0.3 is 5.97 Å². The summed E-state index contributed by atoms with van der Waals surface area (Å²) in [6.07, 6.45) is 0.204. The fourth-order valence-corrected chi connectivity index (χ4v) is 1.94. The number of hydroxylamine groups is 1. The van der Waals surface area contributed by atoms with E-state index in [-0.39, 0.29) is 12.3 Å². The van der Waals surface area contributed by atoms with Crippen LogP contribution in [0.4, 0.5) is 0 Å². The number of carbonyl (C=O) groups excluding carboxylic acids is 2. The van der Waals surface area contributed by atoms with Crippen LogP contribution in [0.1, 0.15) is 43.0 Å². The van der Waals surface area contributed by atoms with Gasteiger partial charge in [-0.25, -0.2) is 4.79 Å². The second-order valence-electron chi connectivity index (χ2n) is 6.22. The summed E-state index contributed by atoms with van der Waals surface area (Å²) < 4.78 is 0. The lowest BCUT2D eigenvalue weighted by atomic mass is 9.97. The Labute approximate surface area is 120 Å². The molecule has 0 aliphatic heterocycles. The number of aryl methyl sites for hydroxylation is 3. The highest BCUT2D eigenvalue weighted by atomic mass is 16.7. The Bertz CT molecular complexity index is 504. The van der Waals surface area contributed by atoms with Gasteiger partial charge in [0, 0.05) is 0 Å². The maximum absolute atomic E-state index is 11.8. The van der Waals surface area contributed by atoms with Crippen LogP contribution in [0.15, 0.2) is 12.1 Å². The van der Waals surface area contributed by atoms with Gasteiger partial charge in [0.05, 0.1) is 11.8 Å². The van der Waals surface area contributed by atoms with E-state index < -0.39 is 11.4 Å². The molecule has 0 bridgehead atoms. The molecule has 0 aliphatic rings. The van der Waals surface area contributed by atoms with Gasteiger partial charge in [-0.05, 0) is 58.2 Å². The highest BCUT2D eigenvalue weighted by molar-refractivity contribution is 5.81. The molecule has 4 heteroatoms. The number of amides is 1. The summed E-state index contributed by atoms with van der Waals surface area (Å²) in [7, 11) is 0. The molecule has 0 heterocycles. The summed E-state index contributed by atoms with van der Waals surface area (Å²) in [6.45, 7) is 11.2. The molecule has 0 atom stereocenters. The van der Waals surface area contributed by atoms with Crippen LogP contribution in [0.25, 0.3) is 0 Å². The average molecular weight is 277 g/mol. The minimum absolute atomic E-state index is 0.204. The van der Waals surface area contributed by atoms with Gasteiger partial charge in [0.1, 0.15) is 0 Å². The SMILES string of the molecule is Cc1cc(C)c(CC(=O)NOC(=O)C(C)(C)C)c(C)c1. The first-order valence-corrected chi connectivity index (χ1v) is 6.68. The van der Waals surface area contributed by atoms with E-state index in [0.717, 1.165) is 16.7 Å². The van der Waals surface area contributed by atoms with Crippen molar-refractivity contribution in [3.63, 3.8) is 0 Å². The monoisotopic (exact) mass is 277 g/mol. The number of hydrogen-bond acceptors (Lipinski definition) is 3. The van der Waals surface area contributed by atoms with Crippen LogP contribution in [-0.4, -0.2) is 11.9 Å². The van der Waals surface area contributed by atoms with Crippen molar-refractivity contribution < 1.29 is 14.4 Å². The Morgan fingerprint density at radius 2 is 1.60 bits per heavy atom. The number of rotatable bonds is 2. The Morgan fingerprint density at radius 3 is 2.05 bits per heavy atom. The largest absolute Gasteiger partial charge is 0.340 e. The Balaban J connectivity index is 2.67. The minimum atomic E-state index is -0.636. The van der Waals surface area contributed by atoms with Gasteiger partial charge in [0.2, 0.25) is 0 Å². The molecule has 0 saturated heterocycles. The van der Waals surface area contributed by atoms with Crippen LogP contribution in [0.5, 0.6) is 0 Å². The highest BCUT2D eigenvalue weighted by Crippen LogP contribution is 2.17. The number of nitrogens with one attached hydrogen (secondary N) is 1. The first kappa shape index (κ1) is 16.2. The summed E-state index contributed by atoms with van der Waals surface area (Å²) in [5.41, 5.74) is 5.86. The van der Waals surface area contributed by atoms with Crippen molar-refractivity contribution in [2.75, 3.05) is 0 Å². The van der Waals surface area contributed by atoms with Gasteiger partial charge < -0.3 is 4.84 Å². The molecule has 1 rings (SSSR count). The smallest absolute Gasteiger partial charge is 0.337 e. The van der Waals surface area contributed by atoms with E-state index in [1.54, 1.807) is 20.8 Å². The van der Waals surface area contributed by atoms with Crippen molar-refractivity contribution >= 4 is 11.9 Å². The zero-order valence-electron chi connectivity index (χ0n) is 13.1. The predicted molar refractivity (Wildman–Crippen MR) is 78.0 cm³/mol. The number of benzene rings is 1. The first-order valence-electron chi connectivity index (χ1n) is 6.68. The molecular weight excluding hydrogens is 254 g/mol. The van der Waals surface area contributed by atoms with Crippen LogP contribution in [-0.2, 0) is 20.8 Å². The summed E-state index contributed by atoms with van der Waals surface area (Å²) in [6, 6.07) is 4.08. The second kappa shape index (κ2) is 6.07. The minimum Gasteiger partial charge on any atom is -0.340 e. The van der Waals surface area contributed by atoms with Crippen molar-refractivity contribution in [1.82, 2.24) is 5.48 Å². The van der Waals surface area contributed by atoms with Crippen molar-refractivity contribution in [3.05, 3.63) is 34.4 Å². The fraction of sp³-hybridized carbons (Fsp3) is 0.500. The van der Waals surface area contributed by atoms with Crippen molar-refractivity contribution in [2.24, 2.45) is 5.41 Å². The van der Waals surface area contributed by atoms with E-state index in [0.29, 0.717) is 0 Å². The number of carbonyl (C=O) groups is 2. The quantitative estimate of drug-likeness (QED) is 0.846. The molecule has 0 aliphatic carbocycles. The van der Waals surface area contributed by atoms with E-state index in [1.165, 1.54) is 5.56 Å². The third-order valence-corrected chi connectivity index (χ3v) is 3.05. The van der Waals surface area contributed by atoms with E-state index in [1.807, 2.05) is 32.9 Å². The lowest BCUT2D eigenvalue weighted by Crippen LogP contribution is -2.34. The number of hydrogen-bond donors (Lipinski definition) is 1. The summed E-state index contributed by atoms with van der Waals surface area (Å²) >= 11 is 0. The lowest BCUT2D eigenvalue weighted by molar-refractivity contribution is -0.165. The average Bonchev–Trinajstić information content (AvgIpc) is 2.29. The van der Waals surface area contributed by atoms with E-state index in [2.05, 4.69) is 5.48 Å². The van der Waals surface area contributed by atoms with Crippen LogP contribution in [0.3, 0.4) is 0 Å². The van der Waals surface area contributed by atoms with Gasteiger partial charge in [0.15, 0.2) is 0 Å². The Morgan fingerprint density at radius 1 is 1.10 bits per heavy atom. The molecule has 1 aromatic carbocycles. The van der Waals surface area contributed by atoms with Crippen molar-refractivity contribution in [1.29, 1.82) is 0 Å². The van der Waals surface area contributed by atoms with Crippen LogP contribution in [0, 0.1) is 26.2 Å². The zero-order chi connectivity index (χ0) is 15.5. The molecule has 0 fully saturated rings. The topological polar surface area (TPSA) is 55.4 Å². The second-order valence-corrected chi connectivity index (χ2v) is 6.22. The summed E-state index contributed by atoms with van der Waals surface area (Å²) in [4.78, 5) is 28.2. The van der Waals surface area contributed by atoms with Crippen LogP contribution in [0.2, 0.25) is 0 Å². The molecule has 0 saturated carbocycles. The Hall–Kier alpha value is -1.84. The van der Waals surface area contributed by atoms with Crippen molar-refractivity contribution in [3.8, 4) is 0 Å². The van der Waals surface area contributed by atoms with Gasteiger partial charge in [-0.3, -0.25) is 4.79 Å². The summed E-state index contributed by atoms with van der Waals surface area (Å²) in [5.74, 6) is -0.777. The third-order valence-electron chi connectivity index (χ3n) is 3.05. The molecule has 0 radical (unpaired) electrons. The maximum Gasteiger partial charge on any atom is 0.337 e. The molecule has 1 aromatic rings. The first-order chi connectivity index (χ1) is 9.11. The molecule has 1 amide bonds. The standard InChI is InChI=1S/C16H23NO3/c1-10-7-11(2)13(12(3)8-10)9-14(18)17-20-15(19)16(4,5)6/h7-8H,9H2,1-6H3,(H,17,18). The summed E-state index contributed by atoms with van der Waals surface area (Å²) in [5, 5.41) is 0. The molecule has 110 valence electrons. The van der Waals surface area contributed by atoms with Gasteiger partial charge in [0.25, 0.3) is 5.91 Å². The predicted octanol–water partition coefficient (Wildman–Crippen LogP) is 2.77. The third kappa shape index (κ3) is 4.37. The molecule has 0 spiro atoms. The fourth-order valence-electron chi connectivity index (χ4n) is 1.94. The molecular formula is C16H23NO3. The van der Waals surface area contributed by atoms with Gasteiger partial charge in [-0.15, -0.1) is 0 Å². The normalized spacial score (nSPS) is 11.1. The molecule has 4 nitrogen and oxygen atoms in total. The molecule has 20 heavy (non-hydrogen) atoms.